The number of nitrogens with zero attached hydrogens (tertiary/aromatic N) is 6. The first-order chi connectivity index (χ1) is 19.5. The third kappa shape index (κ3) is 5.12. The zero-order valence-electron chi connectivity index (χ0n) is 23.1. The molecule has 1 saturated heterocycles. The van der Waals surface area contributed by atoms with E-state index in [-0.39, 0.29) is 11.7 Å². The second-order valence-electron chi connectivity index (χ2n) is 10.8. The Bertz CT molecular complexity index is 1500. The second-order valence-corrected chi connectivity index (χ2v) is 10.8. The molecule has 2 aromatic heterocycles. The van der Waals surface area contributed by atoms with E-state index in [2.05, 4.69) is 4.90 Å². The average Bonchev–Trinajstić information content (AvgIpc) is 3.33. The molecule has 0 N–H and O–H groups in total. The van der Waals surface area contributed by atoms with Crippen molar-refractivity contribution in [3.63, 3.8) is 0 Å². The number of aryl methyl sites for hydroxylation is 1. The molecule has 2 aliphatic rings. The lowest BCUT2D eigenvalue weighted by Crippen LogP contribution is -2.49. The van der Waals surface area contributed by atoms with E-state index in [4.69, 9.17) is 19.8 Å². The van der Waals surface area contributed by atoms with Gasteiger partial charge < -0.3 is 14.5 Å². The van der Waals surface area contributed by atoms with Gasteiger partial charge in [0.25, 0.3) is 5.91 Å². The van der Waals surface area contributed by atoms with Crippen LogP contribution in [0.15, 0.2) is 48.5 Å². The monoisotopic (exact) mass is 542 g/mol. The number of benzene rings is 2. The number of carbonyl (C=O) groups excluding carboxylic acids is 1. The van der Waals surface area contributed by atoms with E-state index in [9.17, 15) is 9.18 Å². The molecular weight excluding hydrogens is 507 g/mol. The summed E-state index contributed by atoms with van der Waals surface area (Å²) in [5.74, 6) is 2.55. The molecule has 6 rings (SSSR count). The molecule has 9 heteroatoms. The molecule has 1 saturated carbocycles. The molecule has 1 aliphatic heterocycles. The van der Waals surface area contributed by atoms with Crippen LogP contribution >= 0.6 is 0 Å². The Morgan fingerprint density at radius 3 is 2.42 bits per heavy atom. The minimum Gasteiger partial charge on any atom is -0.496 e. The number of aromatic nitrogens is 4. The summed E-state index contributed by atoms with van der Waals surface area (Å²) in [5, 5.41) is 5.73. The zero-order chi connectivity index (χ0) is 27.6. The lowest BCUT2D eigenvalue weighted by molar-refractivity contribution is 0.0743. The number of fused-ring (bicyclic) bond motifs is 1. The predicted octanol–water partition coefficient (Wildman–Crippen LogP) is 5.36. The van der Waals surface area contributed by atoms with Gasteiger partial charge in [-0.2, -0.15) is 5.10 Å². The fourth-order valence-electron chi connectivity index (χ4n) is 6.05. The Balaban J connectivity index is 1.33. The molecule has 0 unspecified atom stereocenters. The van der Waals surface area contributed by atoms with E-state index in [0.29, 0.717) is 43.4 Å². The van der Waals surface area contributed by atoms with E-state index in [1.807, 2.05) is 36.1 Å². The van der Waals surface area contributed by atoms with Gasteiger partial charge >= 0.3 is 0 Å². The summed E-state index contributed by atoms with van der Waals surface area (Å²) in [6, 6.07) is 13.7. The lowest BCUT2D eigenvalue weighted by Gasteiger charge is -2.36. The number of hydrogen-bond acceptors (Lipinski definition) is 6. The van der Waals surface area contributed by atoms with Gasteiger partial charge in [-0.15, -0.1) is 0 Å². The van der Waals surface area contributed by atoms with Crippen molar-refractivity contribution in [3.05, 3.63) is 71.4 Å². The molecule has 3 heterocycles. The molecule has 208 valence electrons. The molecule has 40 heavy (non-hydrogen) atoms. The Morgan fingerprint density at radius 2 is 1.70 bits per heavy atom. The van der Waals surface area contributed by atoms with Gasteiger partial charge in [0.1, 0.15) is 23.2 Å². The van der Waals surface area contributed by atoms with Crippen LogP contribution in [0.25, 0.3) is 16.7 Å². The van der Waals surface area contributed by atoms with Crippen LogP contribution in [0, 0.1) is 18.7 Å². The molecule has 0 spiro atoms. The molecule has 0 atom stereocenters. The van der Waals surface area contributed by atoms with Crippen molar-refractivity contribution in [3.8, 4) is 11.4 Å². The quantitative estimate of drug-likeness (QED) is 0.327. The van der Waals surface area contributed by atoms with Crippen LogP contribution in [0.3, 0.4) is 0 Å². The van der Waals surface area contributed by atoms with Crippen LogP contribution in [0.4, 0.5) is 10.2 Å². The van der Waals surface area contributed by atoms with Crippen LogP contribution in [0.5, 0.6) is 5.75 Å². The van der Waals surface area contributed by atoms with Crippen LogP contribution < -0.4 is 9.64 Å². The fraction of sp³-hybridized carbons (Fsp3) is 0.419. The average molecular weight is 543 g/mol. The maximum Gasteiger partial charge on any atom is 0.257 e. The largest absolute Gasteiger partial charge is 0.496 e. The van der Waals surface area contributed by atoms with E-state index in [0.717, 1.165) is 40.5 Å². The molecule has 0 bridgehead atoms. The fourth-order valence-corrected chi connectivity index (χ4v) is 6.05. The standard InChI is InChI=1S/C31H35FN6O2/c1-21-28-29(36-16-18-37(19-17-36)31(39)25-10-6-7-11-26(25)40-2)33-27(20-22-8-4-3-5-9-22)34-30(28)38(35-21)24-14-12-23(32)13-15-24/h6-7,10-15,22H,3-5,8-9,16-20H2,1-2H3. The van der Waals surface area contributed by atoms with Gasteiger partial charge in [0.2, 0.25) is 0 Å². The number of ether oxygens (including phenoxy) is 1. The summed E-state index contributed by atoms with van der Waals surface area (Å²) in [5.41, 5.74) is 2.91. The summed E-state index contributed by atoms with van der Waals surface area (Å²) < 4.78 is 20.9. The number of amides is 1. The van der Waals surface area contributed by atoms with E-state index in [1.54, 1.807) is 23.9 Å². The smallest absolute Gasteiger partial charge is 0.257 e. The van der Waals surface area contributed by atoms with Gasteiger partial charge in [0.15, 0.2) is 5.65 Å². The first-order valence-electron chi connectivity index (χ1n) is 14.2. The second kappa shape index (κ2) is 11.2. The number of carbonyl (C=O) groups is 1. The Morgan fingerprint density at radius 1 is 0.975 bits per heavy atom. The van der Waals surface area contributed by atoms with Crippen molar-refractivity contribution in [2.75, 3.05) is 38.2 Å². The Labute approximate surface area is 233 Å². The number of anilines is 1. The van der Waals surface area contributed by atoms with Crippen LogP contribution in [-0.2, 0) is 6.42 Å². The van der Waals surface area contributed by atoms with Gasteiger partial charge in [-0.05, 0) is 49.2 Å². The van der Waals surface area contributed by atoms with Crippen molar-refractivity contribution < 1.29 is 13.9 Å². The molecule has 1 aliphatic carbocycles. The Kier molecular flexibility index (Phi) is 7.36. The minimum atomic E-state index is -0.286. The topological polar surface area (TPSA) is 76.4 Å². The summed E-state index contributed by atoms with van der Waals surface area (Å²) >= 11 is 0. The Hall–Kier alpha value is -4.01. The van der Waals surface area contributed by atoms with Gasteiger partial charge in [0.05, 0.1) is 29.4 Å². The SMILES string of the molecule is COc1ccccc1C(=O)N1CCN(c2nc(CC3CCCCC3)nc3c2c(C)nn3-c2ccc(F)cc2)CC1. The van der Waals surface area contributed by atoms with Gasteiger partial charge in [0, 0.05) is 32.6 Å². The van der Waals surface area contributed by atoms with Crippen molar-refractivity contribution in [1.29, 1.82) is 0 Å². The number of methoxy groups -OCH3 is 1. The first-order valence-corrected chi connectivity index (χ1v) is 14.2. The van der Waals surface area contributed by atoms with Crippen molar-refractivity contribution in [1.82, 2.24) is 24.6 Å². The van der Waals surface area contributed by atoms with Crippen molar-refractivity contribution in [2.24, 2.45) is 5.92 Å². The molecule has 2 fully saturated rings. The van der Waals surface area contributed by atoms with E-state index < -0.39 is 0 Å². The maximum absolute atomic E-state index is 13.7. The van der Waals surface area contributed by atoms with Gasteiger partial charge in [-0.3, -0.25) is 4.79 Å². The molecule has 0 radical (unpaired) electrons. The van der Waals surface area contributed by atoms with Gasteiger partial charge in [-0.25, -0.2) is 19.0 Å². The summed E-state index contributed by atoms with van der Waals surface area (Å²) in [6.45, 7) is 4.42. The number of piperazine rings is 1. The molecular formula is C31H35FN6O2. The molecule has 1 amide bonds. The van der Waals surface area contributed by atoms with Gasteiger partial charge in [-0.1, -0.05) is 44.2 Å². The highest BCUT2D eigenvalue weighted by Gasteiger charge is 2.28. The molecule has 2 aromatic carbocycles. The zero-order valence-corrected chi connectivity index (χ0v) is 23.1. The van der Waals surface area contributed by atoms with Crippen LogP contribution in [0.2, 0.25) is 0 Å². The molecule has 8 nitrogen and oxygen atoms in total. The van der Waals surface area contributed by atoms with Crippen molar-refractivity contribution >= 4 is 22.8 Å². The maximum atomic E-state index is 13.7. The summed E-state index contributed by atoms with van der Waals surface area (Å²) in [7, 11) is 1.59. The third-order valence-electron chi connectivity index (χ3n) is 8.20. The molecule has 4 aromatic rings. The van der Waals surface area contributed by atoms with Crippen molar-refractivity contribution in [2.45, 2.75) is 45.4 Å². The number of para-hydroxylation sites is 1. The normalized spacial score (nSPS) is 16.5. The van der Waals surface area contributed by atoms with Crippen LogP contribution in [-0.4, -0.2) is 63.8 Å². The van der Waals surface area contributed by atoms with E-state index >= 15 is 0 Å². The predicted molar refractivity (Wildman–Crippen MR) is 153 cm³/mol. The highest BCUT2D eigenvalue weighted by molar-refractivity contribution is 5.97. The number of hydrogen-bond donors (Lipinski definition) is 0. The third-order valence-corrected chi connectivity index (χ3v) is 8.20. The highest BCUT2D eigenvalue weighted by Crippen LogP contribution is 2.32. The highest BCUT2D eigenvalue weighted by atomic mass is 19.1. The lowest BCUT2D eigenvalue weighted by atomic mass is 9.87. The summed E-state index contributed by atoms with van der Waals surface area (Å²) in [6.07, 6.45) is 7.06. The number of halogens is 1. The first kappa shape index (κ1) is 26.2. The minimum absolute atomic E-state index is 0.0248. The summed E-state index contributed by atoms with van der Waals surface area (Å²) in [4.78, 5) is 27.6. The van der Waals surface area contributed by atoms with E-state index in [1.165, 1.54) is 44.2 Å². The van der Waals surface area contributed by atoms with Crippen LogP contribution in [0.1, 0.15) is 54.0 Å². The number of rotatable bonds is 6.